The molecule has 9 heteroatoms. The number of fused-ring (bicyclic) bond motifs is 1. The molecule has 0 radical (unpaired) electrons. The molecule has 0 spiro atoms. The third kappa shape index (κ3) is 5.49. The number of hydrogen-bond acceptors (Lipinski definition) is 7. The van der Waals surface area contributed by atoms with Crippen LogP contribution in [0.15, 0.2) is 52.9 Å². The monoisotopic (exact) mass is 414 g/mol. The Morgan fingerprint density at radius 2 is 1.67 bits per heavy atom. The second-order valence-electron chi connectivity index (χ2n) is 6.22. The molecule has 0 aliphatic rings. The van der Waals surface area contributed by atoms with Crippen LogP contribution >= 0.6 is 0 Å². The number of hydrogen-bond donors (Lipinski definition) is 3. The number of ether oxygens (including phenoxy) is 3. The molecular weight excluding hydrogens is 392 g/mol. The van der Waals surface area contributed by atoms with Crippen LogP contribution in [0.3, 0.4) is 0 Å². The van der Waals surface area contributed by atoms with Gasteiger partial charge in [-0.25, -0.2) is 5.48 Å². The number of benzene rings is 2. The molecule has 2 amide bonds. The number of carbonyl (C=O) groups is 2. The van der Waals surface area contributed by atoms with Crippen molar-refractivity contribution in [2.75, 3.05) is 33.5 Å². The minimum Gasteiger partial charge on any atom is -0.492 e. The van der Waals surface area contributed by atoms with E-state index in [9.17, 15) is 9.59 Å². The van der Waals surface area contributed by atoms with Crippen molar-refractivity contribution in [1.82, 2.24) is 10.8 Å². The summed E-state index contributed by atoms with van der Waals surface area (Å²) < 4.78 is 21.6. The highest BCUT2D eigenvalue weighted by Gasteiger charge is 2.12. The summed E-state index contributed by atoms with van der Waals surface area (Å²) >= 11 is 0. The van der Waals surface area contributed by atoms with E-state index in [0.29, 0.717) is 35.9 Å². The number of hydroxylamine groups is 1. The highest BCUT2D eigenvalue weighted by Crippen LogP contribution is 2.24. The first-order valence-corrected chi connectivity index (χ1v) is 9.21. The standard InChI is InChI=1S/C21H22N2O7/c1-27-10-11-29-17-6-7-18-15(12-17)13-19(30-18)21(25)22-8-9-28-16-4-2-14(3-5-16)20(24)23-26/h2-7,12-13,26H,8-11H2,1H3,(H,22,25)(H,23,24). The van der Waals surface area contributed by atoms with Crippen molar-refractivity contribution in [2.45, 2.75) is 0 Å². The first-order valence-electron chi connectivity index (χ1n) is 9.21. The number of methoxy groups -OCH3 is 1. The minimum atomic E-state index is -0.603. The molecule has 158 valence electrons. The molecule has 3 rings (SSSR count). The average Bonchev–Trinajstić information content (AvgIpc) is 3.20. The zero-order chi connectivity index (χ0) is 21.3. The molecular formula is C21H22N2O7. The van der Waals surface area contributed by atoms with Gasteiger partial charge in [0.1, 0.15) is 30.3 Å². The molecule has 0 unspecified atom stereocenters. The Labute approximate surface area is 172 Å². The van der Waals surface area contributed by atoms with Crippen molar-refractivity contribution in [2.24, 2.45) is 0 Å². The fraction of sp³-hybridized carbons (Fsp3) is 0.238. The van der Waals surface area contributed by atoms with Gasteiger partial charge in [0.15, 0.2) is 5.76 Å². The molecule has 1 aromatic heterocycles. The molecule has 0 atom stereocenters. The number of nitrogens with one attached hydrogen (secondary N) is 2. The third-order valence-corrected chi connectivity index (χ3v) is 4.14. The van der Waals surface area contributed by atoms with Crippen molar-refractivity contribution in [3.63, 3.8) is 0 Å². The smallest absolute Gasteiger partial charge is 0.287 e. The lowest BCUT2D eigenvalue weighted by Crippen LogP contribution is -2.27. The van der Waals surface area contributed by atoms with Crippen LogP contribution in [-0.4, -0.2) is 50.5 Å². The fourth-order valence-electron chi connectivity index (χ4n) is 2.65. The summed E-state index contributed by atoms with van der Waals surface area (Å²) in [5, 5.41) is 12.1. The molecule has 3 N–H and O–H groups in total. The Hall–Kier alpha value is -3.56. The topological polar surface area (TPSA) is 119 Å². The van der Waals surface area contributed by atoms with Crippen LogP contribution in [0.1, 0.15) is 20.9 Å². The second kappa shape index (κ2) is 10.3. The predicted octanol–water partition coefficient (Wildman–Crippen LogP) is 2.39. The van der Waals surface area contributed by atoms with Crippen LogP contribution in [0.2, 0.25) is 0 Å². The quantitative estimate of drug-likeness (QED) is 0.265. The van der Waals surface area contributed by atoms with Crippen LogP contribution in [-0.2, 0) is 4.74 Å². The van der Waals surface area contributed by atoms with Crippen molar-refractivity contribution < 1.29 is 33.4 Å². The van der Waals surface area contributed by atoms with E-state index in [2.05, 4.69) is 5.32 Å². The number of rotatable bonds is 10. The molecule has 0 saturated carbocycles. The van der Waals surface area contributed by atoms with E-state index in [1.165, 1.54) is 12.1 Å². The van der Waals surface area contributed by atoms with Gasteiger partial charge < -0.3 is 23.9 Å². The van der Waals surface area contributed by atoms with Crippen LogP contribution in [0, 0.1) is 0 Å². The molecule has 2 aromatic carbocycles. The maximum atomic E-state index is 12.3. The van der Waals surface area contributed by atoms with Gasteiger partial charge in [-0.15, -0.1) is 0 Å². The Morgan fingerprint density at radius 1 is 0.933 bits per heavy atom. The van der Waals surface area contributed by atoms with Crippen molar-refractivity contribution in [1.29, 1.82) is 0 Å². The maximum absolute atomic E-state index is 12.3. The van der Waals surface area contributed by atoms with Gasteiger partial charge in [-0.3, -0.25) is 14.8 Å². The highest BCUT2D eigenvalue weighted by molar-refractivity contribution is 5.96. The zero-order valence-corrected chi connectivity index (χ0v) is 16.3. The molecule has 0 saturated heterocycles. The van der Waals surface area contributed by atoms with Gasteiger partial charge in [-0.05, 0) is 48.5 Å². The van der Waals surface area contributed by atoms with Gasteiger partial charge in [-0.2, -0.15) is 0 Å². The van der Waals surface area contributed by atoms with Crippen LogP contribution < -0.4 is 20.3 Å². The molecule has 9 nitrogen and oxygen atoms in total. The Morgan fingerprint density at radius 3 is 2.40 bits per heavy atom. The third-order valence-electron chi connectivity index (χ3n) is 4.14. The number of carbonyl (C=O) groups excluding carboxylic acids is 2. The van der Waals surface area contributed by atoms with Crippen LogP contribution in [0.5, 0.6) is 11.5 Å². The lowest BCUT2D eigenvalue weighted by atomic mass is 10.2. The summed E-state index contributed by atoms with van der Waals surface area (Å²) in [4.78, 5) is 23.6. The first kappa shape index (κ1) is 21.2. The molecule has 3 aromatic rings. The van der Waals surface area contributed by atoms with Crippen LogP contribution in [0.25, 0.3) is 11.0 Å². The Balaban J connectivity index is 1.48. The van der Waals surface area contributed by atoms with E-state index in [4.69, 9.17) is 23.8 Å². The van der Waals surface area contributed by atoms with Gasteiger partial charge >= 0.3 is 0 Å². The summed E-state index contributed by atoms with van der Waals surface area (Å²) in [5.41, 5.74) is 2.44. The Bertz CT molecular complexity index is 998. The largest absolute Gasteiger partial charge is 0.492 e. The molecule has 0 aliphatic heterocycles. The lowest BCUT2D eigenvalue weighted by molar-refractivity contribution is 0.0706. The molecule has 0 aliphatic carbocycles. The molecule has 30 heavy (non-hydrogen) atoms. The van der Waals surface area contributed by atoms with Gasteiger partial charge in [0, 0.05) is 18.1 Å². The van der Waals surface area contributed by atoms with Crippen molar-refractivity contribution in [3.05, 3.63) is 59.9 Å². The fourth-order valence-corrected chi connectivity index (χ4v) is 2.65. The Kier molecular flexibility index (Phi) is 7.25. The van der Waals surface area contributed by atoms with Crippen molar-refractivity contribution in [3.8, 4) is 11.5 Å². The molecule has 0 fully saturated rings. The lowest BCUT2D eigenvalue weighted by Gasteiger charge is -2.07. The van der Waals surface area contributed by atoms with Gasteiger partial charge in [0.05, 0.1) is 13.2 Å². The summed E-state index contributed by atoms with van der Waals surface area (Å²) in [7, 11) is 1.60. The van der Waals surface area contributed by atoms with E-state index in [1.54, 1.807) is 49.0 Å². The summed E-state index contributed by atoms with van der Waals surface area (Å²) in [6.45, 7) is 1.42. The summed E-state index contributed by atoms with van der Waals surface area (Å²) in [6, 6.07) is 13.2. The van der Waals surface area contributed by atoms with Gasteiger partial charge in [0.2, 0.25) is 0 Å². The predicted molar refractivity (Wildman–Crippen MR) is 107 cm³/mol. The van der Waals surface area contributed by atoms with E-state index >= 15 is 0 Å². The minimum absolute atomic E-state index is 0.193. The highest BCUT2D eigenvalue weighted by atomic mass is 16.5. The van der Waals surface area contributed by atoms with E-state index in [0.717, 1.165) is 5.39 Å². The van der Waals surface area contributed by atoms with Crippen LogP contribution in [0.4, 0.5) is 0 Å². The molecule has 0 bridgehead atoms. The normalized spacial score (nSPS) is 10.6. The van der Waals surface area contributed by atoms with E-state index < -0.39 is 5.91 Å². The molecule has 1 heterocycles. The van der Waals surface area contributed by atoms with Crippen molar-refractivity contribution >= 4 is 22.8 Å². The summed E-state index contributed by atoms with van der Waals surface area (Å²) in [5.74, 6) is 0.435. The average molecular weight is 414 g/mol. The summed E-state index contributed by atoms with van der Waals surface area (Å²) in [6.07, 6.45) is 0. The van der Waals surface area contributed by atoms with Gasteiger partial charge in [-0.1, -0.05) is 0 Å². The number of amides is 2. The van der Waals surface area contributed by atoms with E-state index in [1.807, 2.05) is 0 Å². The van der Waals surface area contributed by atoms with E-state index in [-0.39, 0.29) is 24.8 Å². The zero-order valence-electron chi connectivity index (χ0n) is 16.3. The first-order chi connectivity index (χ1) is 14.6. The van der Waals surface area contributed by atoms with Gasteiger partial charge in [0.25, 0.3) is 11.8 Å². The number of furan rings is 1. The maximum Gasteiger partial charge on any atom is 0.287 e. The second-order valence-corrected chi connectivity index (χ2v) is 6.22. The SMILES string of the molecule is COCCOc1ccc2oc(C(=O)NCCOc3ccc(C(=O)NO)cc3)cc2c1.